The average molecular weight is 255 g/mol. The lowest BCUT2D eigenvalue weighted by Crippen LogP contribution is -2.33. The van der Waals surface area contributed by atoms with Gasteiger partial charge in [0.15, 0.2) is 0 Å². The highest BCUT2D eigenvalue weighted by Gasteiger charge is 2.15. The van der Waals surface area contributed by atoms with Crippen molar-refractivity contribution in [3.05, 3.63) is 0 Å². The first-order valence-electron chi connectivity index (χ1n) is 6.07. The number of aliphatic carboxylic acids is 2. The summed E-state index contributed by atoms with van der Waals surface area (Å²) < 4.78 is 0. The largest absolute Gasteiger partial charge is 0.481 e. The van der Waals surface area contributed by atoms with E-state index in [9.17, 15) is 9.59 Å². The summed E-state index contributed by atoms with van der Waals surface area (Å²) in [6, 6.07) is 0. The van der Waals surface area contributed by atoms with Crippen molar-refractivity contribution < 1.29 is 19.8 Å². The van der Waals surface area contributed by atoms with Crippen LogP contribution in [0.4, 0.5) is 0 Å². The molecule has 1 unspecified atom stereocenters. The quantitative estimate of drug-likeness (QED) is 0.454. The third-order valence-electron chi connectivity index (χ3n) is 2.63. The van der Waals surface area contributed by atoms with E-state index in [-0.39, 0.29) is 6.42 Å². The smallest absolute Gasteiger partial charge is 0.307 e. The van der Waals surface area contributed by atoms with Crippen LogP contribution >= 0.6 is 0 Å². The fourth-order valence-electron chi connectivity index (χ4n) is 1.62. The normalized spacial score (nSPS) is 12.1. The van der Waals surface area contributed by atoms with Gasteiger partial charge in [0.2, 0.25) is 0 Å². The molecule has 0 aliphatic rings. The Balaban J connectivity index is 3.87. The minimum Gasteiger partial charge on any atom is -0.481 e. The van der Waals surface area contributed by atoms with E-state index in [2.05, 4.69) is 5.92 Å². The Kier molecular flexibility index (Phi) is 8.67. The van der Waals surface area contributed by atoms with Crippen LogP contribution in [0.15, 0.2) is 0 Å². The van der Waals surface area contributed by atoms with E-state index in [1.165, 1.54) is 0 Å². The Labute approximate surface area is 108 Å². The molecule has 0 radical (unpaired) electrons. The van der Waals surface area contributed by atoms with Gasteiger partial charge in [-0.1, -0.05) is 19.3 Å². The zero-order valence-electron chi connectivity index (χ0n) is 10.8. The highest BCUT2D eigenvalue weighted by Crippen LogP contribution is 2.05. The predicted octanol–water partition coefficient (Wildman–Crippen LogP) is 1.29. The molecule has 2 N–H and O–H groups in total. The lowest BCUT2D eigenvalue weighted by molar-refractivity contribution is -0.141. The third-order valence-corrected chi connectivity index (χ3v) is 2.63. The SMILES string of the molecule is C#CCN(CCCCCC(=O)O)CC(C)C(=O)O. The van der Waals surface area contributed by atoms with Crippen LogP contribution in [-0.2, 0) is 9.59 Å². The molecule has 0 spiro atoms. The number of carboxylic acid groups (broad SMARTS) is 2. The maximum absolute atomic E-state index is 10.7. The topological polar surface area (TPSA) is 77.8 Å². The molecule has 0 fully saturated rings. The molecule has 0 saturated heterocycles. The third kappa shape index (κ3) is 8.59. The van der Waals surface area contributed by atoms with Gasteiger partial charge in [-0.25, -0.2) is 0 Å². The van der Waals surface area contributed by atoms with Crippen molar-refractivity contribution in [3.63, 3.8) is 0 Å². The Bertz CT molecular complexity index is 309. The number of carboxylic acids is 2. The summed E-state index contributed by atoms with van der Waals surface area (Å²) >= 11 is 0. The lowest BCUT2D eigenvalue weighted by atomic mass is 10.1. The van der Waals surface area contributed by atoms with Crippen LogP contribution in [0.5, 0.6) is 0 Å². The minimum absolute atomic E-state index is 0.181. The number of terminal acetylenes is 1. The van der Waals surface area contributed by atoms with Gasteiger partial charge in [-0.3, -0.25) is 14.5 Å². The van der Waals surface area contributed by atoms with E-state index >= 15 is 0 Å². The van der Waals surface area contributed by atoms with Gasteiger partial charge in [0.1, 0.15) is 0 Å². The van der Waals surface area contributed by atoms with Gasteiger partial charge in [-0.05, 0) is 19.4 Å². The summed E-state index contributed by atoms with van der Waals surface area (Å²) in [5.74, 6) is 0.450. The molecule has 0 bridgehead atoms. The molecule has 0 aromatic carbocycles. The molecule has 0 aliphatic heterocycles. The standard InChI is InChI=1S/C13H21NO4/c1-3-8-14(10-11(2)13(17)18)9-6-4-5-7-12(15)16/h1,11H,4-10H2,2H3,(H,15,16)(H,17,18). The molecule has 0 aliphatic carbocycles. The van der Waals surface area contributed by atoms with E-state index in [1.807, 2.05) is 4.90 Å². The molecule has 0 amide bonds. The maximum Gasteiger partial charge on any atom is 0.307 e. The van der Waals surface area contributed by atoms with Crippen LogP contribution in [0.1, 0.15) is 32.6 Å². The Morgan fingerprint density at radius 3 is 2.44 bits per heavy atom. The van der Waals surface area contributed by atoms with Gasteiger partial charge in [0.25, 0.3) is 0 Å². The molecule has 0 aromatic rings. The Hall–Kier alpha value is -1.54. The number of hydrogen-bond acceptors (Lipinski definition) is 3. The van der Waals surface area contributed by atoms with E-state index in [1.54, 1.807) is 6.92 Å². The molecule has 1 atom stereocenters. The lowest BCUT2D eigenvalue weighted by Gasteiger charge is -2.21. The average Bonchev–Trinajstić information content (AvgIpc) is 2.28. The van der Waals surface area contributed by atoms with E-state index in [4.69, 9.17) is 16.6 Å². The first kappa shape index (κ1) is 16.5. The van der Waals surface area contributed by atoms with Crippen LogP contribution in [0.3, 0.4) is 0 Å². The van der Waals surface area contributed by atoms with Crippen molar-refractivity contribution in [3.8, 4) is 12.3 Å². The number of hydrogen-bond donors (Lipinski definition) is 2. The van der Waals surface area contributed by atoms with Crippen molar-refractivity contribution >= 4 is 11.9 Å². The molecular formula is C13H21NO4. The van der Waals surface area contributed by atoms with Crippen LogP contribution in [-0.4, -0.2) is 46.7 Å². The fraction of sp³-hybridized carbons (Fsp3) is 0.692. The number of nitrogens with zero attached hydrogens (tertiary/aromatic N) is 1. The van der Waals surface area contributed by atoms with Crippen molar-refractivity contribution in [2.75, 3.05) is 19.6 Å². The van der Waals surface area contributed by atoms with Crippen molar-refractivity contribution in [1.82, 2.24) is 4.90 Å². The van der Waals surface area contributed by atoms with Crippen molar-refractivity contribution in [2.24, 2.45) is 5.92 Å². The van der Waals surface area contributed by atoms with Crippen LogP contribution in [0.2, 0.25) is 0 Å². The Morgan fingerprint density at radius 1 is 1.28 bits per heavy atom. The van der Waals surface area contributed by atoms with Crippen molar-refractivity contribution in [2.45, 2.75) is 32.6 Å². The second-order valence-electron chi connectivity index (χ2n) is 4.38. The summed E-state index contributed by atoms with van der Waals surface area (Å²) in [5, 5.41) is 17.3. The van der Waals surface area contributed by atoms with Gasteiger partial charge in [-0.2, -0.15) is 0 Å². The molecule has 5 nitrogen and oxygen atoms in total. The molecule has 5 heteroatoms. The molecule has 0 saturated carbocycles. The monoisotopic (exact) mass is 255 g/mol. The molecule has 18 heavy (non-hydrogen) atoms. The van der Waals surface area contributed by atoms with Crippen LogP contribution in [0.25, 0.3) is 0 Å². The second-order valence-corrected chi connectivity index (χ2v) is 4.38. The molecular weight excluding hydrogens is 234 g/mol. The number of rotatable bonds is 10. The van der Waals surface area contributed by atoms with Gasteiger partial charge in [-0.15, -0.1) is 6.42 Å². The zero-order valence-corrected chi connectivity index (χ0v) is 10.8. The molecule has 0 rings (SSSR count). The highest BCUT2D eigenvalue weighted by molar-refractivity contribution is 5.69. The summed E-state index contributed by atoms with van der Waals surface area (Å²) in [6.45, 7) is 3.22. The molecule has 102 valence electrons. The van der Waals surface area contributed by atoms with Crippen LogP contribution < -0.4 is 0 Å². The first-order chi connectivity index (χ1) is 8.47. The van der Waals surface area contributed by atoms with Gasteiger partial charge in [0.05, 0.1) is 12.5 Å². The van der Waals surface area contributed by atoms with E-state index in [0.717, 1.165) is 12.8 Å². The van der Waals surface area contributed by atoms with E-state index < -0.39 is 17.9 Å². The number of carbonyl (C=O) groups is 2. The molecule has 0 aromatic heterocycles. The van der Waals surface area contributed by atoms with Gasteiger partial charge >= 0.3 is 11.9 Å². The van der Waals surface area contributed by atoms with E-state index in [0.29, 0.717) is 26.1 Å². The van der Waals surface area contributed by atoms with Crippen molar-refractivity contribution in [1.29, 1.82) is 0 Å². The zero-order chi connectivity index (χ0) is 14.0. The maximum atomic E-state index is 10.7. The minimum atomic E-state index is -0.831. The van der Waals surface area contributed by atoms with Gasteiger partial charge in [0, 0.05) is 13.0 Å². The summed E-state index contributed by atoms with van der Waals surface area (Å²) in [6.07, 6.45) is 7.71. The predicted molar refractivity (Wildman–Crippen MR) is 68.2 cm³/mol. The first-order valence-corrected chi connectivity index (χ1v) is 6.07. The Morgan fingerprint density at radius 2 is 1.94 bits per heavy atom. The number of unbranched alkanes of at least 4 members (excludes halogenated alkanes) is 2. The van der Waals surface area contributed by atoms with Crippen LogP contribution in [0, 0.1) is 18.3 Å². The van der Waals surface area contributed by atoms with Gasteiger partial charge < -0.3 is 10.2 Å². The highest BCUT2D eigenvalue weighted by atomic mass is 16.4. The second kappa shape index (κ2) is 9.49. The summed E-state index contributed by atoms with van der Waals surface area (Å²) in [7, 11) is 0. The summed E-state index contributed by atoms with van der Waals surface area (Å²) in [5.41, 5.74) is 0. The molecule has 0 heterocycles. The fourth-order valence-corrected chi connectivity index (χ4v) is 1.62. The summed E-state index contributed by atoms with van der Waals surface area (Å²) in [4.78, 5) is 23.0.